The van der Waals surface area contributed by atoms with E-state index < -0.39 is 15.3 Å². The normalized spacial score (nSPS) is 19.0. The maximum Gasteiger partial charge on any atom is 0.254 e. The minimum Gasteiger partial charge on any atom is -0.396 e. The Hall–Kier alpha value is -1.30. The Morgan fingerprint density at radius 2 is 2.04 bits per heavy atom. The predicted molar refractivity (Wildman–Crippen MR) is 115 cm³/mol. The molecule has 1 aromatic heterocycles. The number of aryl methyl sites for hydroxylation is 1. The molecule has 1 aliphatic rings. The van der Waals surface area contributed by atoms with Crippen LogP contribution in [0.1, 0.15) is 12.0 Å². The second-order valence-electron chi connectivity index (χ2n) is 6.57. The van der Waals surface area contributed by atoms with Gasteiger partial charge < -0.3 is 10.4 Å². The number of sulfonamides is 1. The van der Waals surface area contributed by atoms with Crippen molar-refractivity contribution in [2.75, 3.05) is 16.6 Å². The van der Waals surface area contributed by atoms with E-state index in [2.05, 4.69) is 32.6 Å². The topological polar surface area (TPSA) is 100 Å². The van der Waals surface area contributed by atoms with Gasteiger partial charge >= 0.3 is 0 Å². The minimum absolute atomic E-state index is 0.165. The predicted octanol–water partition coefficient (Wildman–Crippen LogP) is 2.82. The van der Waals surface area contributed by atoms with E-state index in [1.807, 2.05) is 6.07 Å². The first-order chi connectivity index (χ1) is 12.6. The highest BCUT2D eigenvalue weighted by molar-refractivity contribution is 14.1. The van der Waals surface area contributed by atoms with E-state index >= 15 is 0 Å². The molecule has 2 aromatic rings. The van der Waals surface area contributed by atoms with Crippen molar-refractivity contribution in [1.29, 1.82) is 0 Å². The molecule has 1 aromatic carbocycles. The Bertz CT molecular complexity index is 1050. The van der Waals surface area contributed by atoms with Gasteiger partial charge in [-0.25, -0.2) is 8.42 Å². The molecule has 1 aliphatic carbocycles. The van der Waals surface area contributed by atoms with Gasteiger partial charge in [-0.3, -0.25) is 14.1 Å². The van der Waals surface area contributed by atoms with Crippen LogP contribution in [0.25, 0.3) is 0 Å². The molecule has 0 amide bonds. The zero-order valence-corrected chi connectivity index (χ0v) is 18.4. The molecule has 0 radical (unpaired) electrons. The summed E-state index contributed by atoms with van der Waals surface area (Å²) in [7, 11) is -2.12. The number of hydrogen-bond donors (Lipinski definition) is 3. The quantitative estimate of drug-likeness (QED) is 0.506. The van der Waals surface area contributed by atoms with Crippen molar-refractivity contribution < 1.29 is 13.5 Å². The van der Waals surface area contributed by atoms with Crippen LogP contribution in [0, 0.1) is 16.4 Å². The minimum atomic E-state index is -3.68. The van der Waals surface area contributed by atoms with Crippen molar-refractivity contribution in [2.45, 2.75) is 18.6 Å². The van der Waals surface area contributed by atoms with Crippen molar-refractivity contribution in [2.24, 2.45) is 13.0 Å². The van der Waals surface area contributed by atoms with Crippen molar-refractivity contribution in [3.63, 3.8) is 0 Å². The second kappa shape index (κ2) is 7.61. The number of nitrogens with zero attached hydrogens (tertiary/aromatic N) is 1. The first-order valence-electron chi connectivity index (χ1n) is 8.19. The molecule has 3 rings (SSSR count). The average molecular weight is 524 g/mol. The van der Waals surface area contributed by atoms with Crippen LogP contribution in [0.5, 0.6) is 0 Å². The molecule has 1 saturated carbocycles. The third kappa shape index (κ3) is 4.25. The van der Waals surface area contributed by atoms with Crippen LogP contribution in [-0.4, -0.2) is 29.9 Å². The van der Waals surface area contributed by atoms with Crippen molar-refractivity contribution >= 4 is 61.4 Å². The lowest BCUT2D eigenvalue weighted by atomic mass is 10.2. The van der Waals surface area contributed by atoms with Gasteiger partial charge in [0.2, 0.25) is 10.0 Å². The average Bonchev–Trinajstić information content (AvgIpc) is 3.39. The molecule has 0 aliphatic heterocycles. The van der Waals surface area contributed by atoms with E-state index in [1.165, 1.54) is 10.6 Å². The van der Waals surface area contributed by atoms with E-state index in [0.717, 1.165) is 3.57 Å². The van der Waals surface area contributed by atoms with Gasteiger partial charge in [-0.1, -0.05) is 11.6 Å². The molecule has 146 valence electrons. The number of halogens is 2. The molecule has 0 spiro atoms. The van der Waals surface area contributed by atoms with Gasteiger partial charge in [-0.15, -0.1) is 0 Å². The van der Waals surface area contributed by atoms with E-state index in [0.29, 0.717) is 28.5 Å². The van der Waals surface area contributed by atoms with Crippen LogP contribution < -0.4 is 15.6 Å². The van der Waals surface area contributed by atoms with Gasteiger partial charge in [-0.05, 0) is 60.2 Å². The maximum atomic E-state index is 12.6. The summed E-state index contributed by atoms with van der Waals surface area (Å²) in [4.78, 5) is 12.4. The molecule has 27 heavy (non-hydrogen) atoms. The third-order valence-corrected chi connectivity index (χ3v) is 7.38. The summed E-state index contributed by atoms with van der Waals surface area (Å²) in [5.74, 6) is 0.0386. The number of rotatable bonds is 6. The van der Waals surface area contributed by atoms with Gasteiger partial charge in [0.25, 0.3) is 5.56 Å². The fourth-order valence-electron chi connectivity index (χ4n) is 2.86. The molecule has 3 N–H and O–H groups in total. The molecule has 7 nitrogen and oxygen atoms in total. The fourth-order valence-corrected chi connectivity index (χ4v) is 5.47. The van der Waals surface area contributed by atoms with E-state index in [4.69, 9.17) is 16.7 Å². The van der Waals surface area contributed by atoms with Crippen molar-refractivity contribution in [1.82, 2.24) is 4.57 Å². The smallest absolute Gasteiger partial charge is 0.254 e. The number of anilines is 3. The van der Waals surface area contributed by atoms with Crippen LogP contribution in [-0.2, 0) is 17.1 Å². The first kappa shape index (κ1) is 20.4. The van der Waals surface area contributed by atoms with E-state index in [-0.39, 0.29) is 23.8 Å². The summed E-state index contributed by atoms with van der Waals surface area (Å²) in [6.45, 7) is 1.46. The Morgan fingerprint density at radius 3 is 2.63 bits per heavy atom. The Morgan fingerprint density at radius 1 is 1.33 bits per heavy atom. The summed E-state index contributed by atoms with van der Waals surface area (Å²) in [5, 5.41) is 12.1. The lowest BCUT2D eigenvalue weighted by molar-refractivity contribution is 0.277. The fraction of sp³-hybridized carbons (Fsp3) is 0.353. The number of pyridine rings is 1. The Balaban J connectivity index is 2.02. The molecule has 2 atom stereocenters. The number of benzene rings is 1. The third-order valence-electron chi connectivity index (χ3n) is 4.52. The van der Waals surface area contributed by atoms with Gasteiger partial charge in [-0.2, -0.15) is 0 Å². The molecule has 10 heteroatoms. The monoisotopic (exact) mass is 523 g/mol. The number of aromatic nitrogens is 1. The number of nitrogens with one attached hydrogen (secondary N) is 2. The summed E-state index contributed by atoms with van der Waals surface area (Å²) in [6.07, 6.45) is 0.419. The van der Waals surface area contributed by atoms with Crippen LogP contribution in [0.4, 0.5) is 17.2 Å². The Labute approximate surface area is 175 Å². The van der Waals surface area contributed by atoms with E-state index in [1.54, 1.807) is 26.1 Å². The summed E-state index contributed by atoms with van der Waals surface area (Å²) in [6, 6.07) is 6.87. The molecule has 0 saturated heterocycles. The molecule has 1 fully saturated rings. The van der Waals surface area contributed by atoms with Crippen LogP contribution >= 0.6 is 34.2 Å². The zero-order valence-electron chi connectivity index (χ0n) is 14.7. The van der Waals surface area contributed by atoms with Crippen LogP contribution in [0.2, 0.25) is 5.02 Å². The summed E-state index contributed by atoms with van der Waals surface area (Å²) >= 11 is 8.40. The highest BCUT2D eigenvalue weighted by Crippen LogP contribution is 2.38. The highest BCUT2D eigenvalue weighted by Gasteiger charge is 2.47. The highest BCUT2D eigenvalue weighted by atomic mass is 127. The maximum absolute atomic E-state index is 12.6. The van der Waals surface area contributed by atoms with Crippen molar-refractivity contribution in [3.05, 3.63) is 48.8 Å². The Kier molecular flexibility index (Phi) is 5.76. The van der Waals surface area contributed by atoms with Gasteiger partial charge in [0, 0.05) is 28.7 Å². The molecule has 0 bridgehead atoms. The standard InChI is InChI=1S/C17H19ClIN3O4S/c1-9-5-14(21-27(25,26)15-6-10(15)8-23)16(22(2)17(9)24)20-13-4-3-11(19)7-12(13)18/h3-5,7,10,15,20-21,23H,6,8H2,1-2H3. The largest absolute Gasteiger partial charge is 0.396 e. The van der Waals surface area contributed by atoms with E-state index in [9.17, 15) is 13.2 Å². The number of hydrogen-bond acceptors (Lipinski definition) is 5. The lowest BCUT2D eigenvalue weighted by Gasteiger charge is -2.19. The molecule has 2 unspecified atom stereocenters. The van der Waals surface area contributed by atoms with Gasteiger partial charge in [0.15, 0.2) is 0 Å². The van der Waals surface area contributed by atoms with Crippen LogP contribution in [0.15, 0.2) is 29.1 Å². The van der Waals surface area contributed by atoms with Crippen molar-refractivity contribution in [3.8, 4) is 0 Å². The molecular weight excluding hydrogens is 505 g/mol. The van der Waals surface area contributed by atoms with Crippen LogP contribution in [0.3, 0.4) is 0 Å². The van der Waals surface area contributed by atoms with Gasteiger partial charge in [0.05, 0.1) is 21.6 Å². The molecule has 1 heterocycles. The zero-order chi connectivity index (χ0) is 19.9. The van der Waals surface area contributed by atoms with Gasteiger partial charge in [0.1, 0.15) is 5.82 Å². The first-order valence-corrected chi connectivity index (χ1v) is 11.2. The number of aliphatic hydroxyl groups is 1. The summed E-state index contributed by atoms with van der Waals surface area (Å²) < 4.78 is 30.0. The summed E-state index contributed by atoms with van der Waals surface area (Å²) in [5.41, 5.74) is 0.967. The molecular formula is C17H19ClIN3O4S. The second-order valence-corrected chi connectivity index (χ2v) is 10.1. The lowest BCUT2D eigenvalue weighted by Crippen LogP contribution is -2.26. The number of aliphatic hydroxyl groups excluding tert-OH is 1. The SMILES string of the molecule is Cc1cc(NS(=O)(=O)C2CC2CO)c(Nc2ccc(I)cc2Cl)n(C)c1=O.